The van der Waals surface area contributed by atoms with Crippen LogP contribution in [0, 0.1) is 6.92 Å². The summed E-state index contributed by atoms with van der Waals surface area (Å²) in [6.07, 6.45) is -2.89. The molecule has 0 aliphatic rings. The maximum absolute atomic E-state index is 12.4. The van der Waals surface area contributed by atoms with Crippen molar-refractivity contribution in [1.29, 1.82) is 0 Å². The fourth-order valence-electron chi connectivity index (χ4n) is 1.63. The number of nitrogens with one attached hydrogen (secondary N) is 1. The van der Waals surface area contributed by atoms with Crippen LogP contribution in [-0.2, 0) is 6.18 Å². The van der Waals surface area contributed by atoms with E-state index in [0.29, 0.717) is 16.9 Å². The van der Waals surface area contributed by atoms with Gasteiger partial charge in [0.15, 0.2) is 0 Å². The molecular formula is C14H11F3N2O. The number of anilines is 1. The van der Waals surface area contributed by atoms with Crippen molar-refractivity contribution < 1.29 is 18.0 Å². The van der Waals surface area contributed by atoms with Gasteiger partial charge >= 0.3 is 6.18 Å². The summed E-state index contributed by atoms with van der Waals surface area (Å²) in [5.74, 6) is -0.393. The minimum atomic E-state index is -4.38. The summed E-state index contributed by atoms with van der Waals surface area (Å²) in [5, 5.41) is 2.53. The van der Waals surface area contributed by atoms with Gasteiger partial charge in [-0.15, -0.1) is 0 Å². The summed E-state index contributed by atoms with van der Waals surface area (Å²) in [7, 11) is 0. The Morgan fingerprint density at radius 3 is 2.35 bits per heavy atom. The van der Waals surface area contributed by atoms with E-state index in [1.165, 1.54) is 24.4 Å². The summed E-state index contributed by atoms with van der Waals surface area (Å²) in [6, 6.07) is 7.41. The second kappa shape index (κ2) is 5.32. The molecule has 0 bridgehead atoms. The SMILES string of the molecule is Cc1cc(C(=O)Nc2ccc(C(F)(F)F)cc2)ccn1. The van der Waals surface area contributed by atoms with Gasteiger partial charge in [0.1, 0.15) is 0 Å². The smallest absolute Gasteiger partial charge is 0.322 e. The van der Waals surface area contributed by atoms with Crippen molar-refractivity contribution in [2.75, 3.05) is 5.32 Å². The number of carbonyl (C=O) groups is 1. The molecule has 0 atom stereocenters. The first-order chi connectivity index (χ1) is 9.36. The molecule has 1 aromatic heterocycles. The molecule has 104 valence electrons. The zero-order chi connectivity index (χ0) is 14.8. The molecule has 0 unspecified atom stereocenters. The second-order valence-corrected chi connectivity index (χ2v) is 4.22. The molecule has 1 aromatic carbocycles. The van der Waals surface area contributed by atoms with E-state index in [4.69, 9.17) is 0 Å². The van der Waals surface area contributed by atoms with Crippen molar-refractivity contribution >= 4 is 11.6 Å². The number of hydrogen-bond acceptors (Lipinski definition) is 2. The van der Waals surface area contributed by atoms with Gasteiger partial charge in [0.25, 0.3) is 5.91 Å². The lowest BCUT2D eigenvalue weighted by Crippen LogP contribution is -2.12. The summed E-state index contributed by atoms with van der Waals surface area (Å²) in [6.45, 7) is 1.74. The maximum atomic E-state index is 12.4. The molecule has 0 aliphatic carbocycles. The predicted molar refractivity (Wildman–Crippen MR) is 68.4 cm³/mol. The van der Waals surface area contributed by atoms with Gasteiger partial charge in [-0.3, -0.25) is 9.78 Å². The van der Waals surface area contributed by atoms with Crippen LogP contribution in [0.25, 0.3) is 0 Å². The first-order valence-corrected chi connectivity index (χ1v) is 5.77. The Morgan fingerprint density at radius 1 is 1.15 bits per heavy atom. The highest BCUT2D eigenvalue weighted by atomic mass is 19.4. The van der Waals surface area contributed by atoms with E-state index in [1.807, 2.05) is 0 Å². The molecule has 1 N–H and O–H groups in total. The third kappa shape index (κ3) is 3.34. The van der Waals surface area contributed by atoms with E-state index >= 15 is 0 Å². The lowest BCUT2D eigenvalue weighted by atomic mass is 10.2. The Hall–Kier alpha value is -2.37. The molecule has 0 saturated heterocycles. The van der Waals surface area contributed by atoms with Crippen molar-refractivity contribution in [3.05, 3.63) is 59.4 Å². The summed E-state index contributed by atoms with van der Waals surface area (Å²) < 4.78 is 37.2. The molecule has 0 aliphatic heterocycles. The van der Waals surface area contributed by atoms with Gasteiger partial charge in [-0.2, -0.15) is 13.2 Å². The summed E-state index contributed by atoms with van der Waals surface area (Å²) in [5.41, 5.74) is 0.634. The average Bonchev–Trinajstić information content (AvgIpc) is 2.38. The van der Waals surface area contributed by atoms with Crippen LogP contribution in [0.2, 0.25) is 0 Å². The first kappa shape index (κ1) is 14.0. The summed E-state index contributed by atoms with van der Waals surface area (Å²) in [4.78, 5) is 15.8. The highest BCUT2D eigenvalue weighted by Crippen LogP contribution is 2.29. The number of pyridine rings is 1. The van der Waals surface area contributed by atoms with E-state index in [0.717, 1.165) is 12.1 Å². The third-order valence-electron chi connectivity index (χ3n) is 2.63. The quantitative estimate of drug-likeness (QED) is 0.912. The number of benzene rings is 1. The predicted octanol–water partition coefficient (Wildman–Crippen LogP) is 3.66. The Bertz CT molecular complexity index is 621. The number of aryl methyl sites for hydroxylation is 1. The van der Waals surface area contributed by atoms with Crippen LogP contribution >= 0.6 is 0 Å². The molecule has 2 aromatic rings. The molecule has 20 heavy (non-hydrogen) atoms. The average molecular weight is 280 g/mol. The van der Waals surface area contributed by atoms with Gasteiger partial charge in [-0.25, -0.2) is 0 Å². The molecule has 3 nitrogen and oxygen atoms in total. The number of rotatable bonds is 2. The third-order valence-corrected chi connectivity index (χ3v) is 2.63. The molecule has 2 rings (SSSR count). The van der Waals surface area contributed by atoms with Gasteiger partial charge in [0, 0.05) is 23.1 Å². The first-order valence-electron chi connectivity index (χ1n) is 5.77. The maximum Gasteiger partial charge on any atom is 0.416 e. The van der Waals surface area contributed by atoms with Crippen LogP contribution in [0.3, 0.4) is 0 Å². The zero-order valence-corrected chi connectivity index (χ0v) is 10.5. The standard InChI is InChI=1S/C14H11F3N2O/c1-9-8-10(6-7-18-9)13(20)19-12-4-2-11(3-5-12)14(15,16)17/h2-8H,1H3,(H,19,20). The highest BCUT2D eigenvalue weighted by Gasteiger charge is 2.29. The number of hydrogen-bond donors (Lipinski definition) is 1. The number of amides is 1. The van der Waals surface area contributed by atoms with E-state index in [2.05, 4.69) is 10.3 Å². The fourth-order valence-corrected chi connectivity index (χ4v) is 1.63. The van der Waals surface area contributed by atoms with Crippen molar-refractivity contribution in [2.45, 2.75) is 13.1 Å². The van der Waals surface area contributed by atoms with Crippen molar-refractivity contribution in [2.24, 2.45) is 0 Å². The topological polar surface area (TPSA) is 42.0 Å². The van der Waals surface area contributed by atoms with Crippen molar-refractivity contribution in [3.8, 4) is 0 Å². The van der Waals surface area contributed by atoms with Crippen LogP contribution < -0.4 is 5.32 Å². The fraction of sp³-hybridized carbons (Fsp3) is 0.143. The Morgan fingerprint density at radius 2 is 1.80 bits per heavy atom. The Balaban J connectivity index is 2.12. The molecule has 6 heteroatoms. The number of carbonyl (C=O) groups excluding carboxylic acids is 1. The lowest BCUT2D eigenvalue weighted by Gasteiger charge is -2.09. The van der Waals surface area contributed by atoms with Crippen molar-refractivity contribution in [3.63, 3.8) is 0 Å². The van der Waals surface area contributed by atoms with E-state index in [-0.39, 0.29) is 0 Å². The van der Waals surface area contributed by atoms with Gasteiger partial charge in [0.2, 0.25) is 0 Å². The Labute approximate surface area is 113 Å². The van der Waals surface area contributed by atoms with Gasteiger partial charge in [-0.05, 0) is 43.3 Å². The molecular weight excluding hydrogens is 269 g/mol. The molecule has 0 radical (unpaired) electrons. The lowest BCUT2D eigenvalue weighted by molar-refractivity contribution is -0.137. The number of aromatic nitrogens is 1. The monoisotopic (exact) mass is 280 g/mol. The Kier molecular flexibility index (Phi) is 3.74. The second-order valence-electron chi connectivity index (χ2n) is 4.22. The molecule has 0 fully saturated rings. The van der Waals surface area contributed by atoms with Gasteiger partial charge in [-0.1, -0.05) is 0 Å². The van der Waals surface area contributed by atoms with Crippen LogP contribution in [0.15, 0.2) is 42.6 Å². The molecule has 0 saturated carbocycles. The normalized spacial score (nSPS) is 11.2. The van der Waals surface area contributed by atoms with Crippen LogP contribution in [0.4, 0.5) is 18.9 Å². The molecule has 0 spiro atoms. The van der Waals surface area contributed by atoms with E-state index in [9.17, 15) is 18.0 Å². The van der Waals surface area contributed by atoms with Crippen LogP contribution in [-0.4, -0.2) is 10.9 Å². The summed E-state index contributed by atoms with van der Waals surface area (Å²) >= 11 is 0. The van der Waals surface area contributed by atoms with Gasteiger partial charge < -0.3 is 5.32 Å². The highest BCUT2D eigenvalue weighted by molar-refractivity contribution is 6.04. The number of nitrogens with zero attached hydrogens (tertiary/aromatic N) is 1. The minimum Gasteiger partial charge on any atom is -0.322 e. The van der Waals surface area contributed by atoms with Crippen LogP contribution in [0.1, 0.15) is 21.6 Å². The zero-order valence-electron chi connectivity index (χ0n) is 10.5. The van der Waals surface area contributed by atoms with Gasteiger partial charge in [0.05, 0.1) is 5.56 Å². The minimum absolute atomic E-state index is 0.303. The number of halogens is 3. The largest absolute Gasteiger partial charge is 0.416 e. The van der Waals surface area contributed by atoms with Crippen molar-refractivity contribution in [1.82, 2.24) is 4.98 Å². The molecule has 1 heterocycles. The van der Waals surface area contributed by atoms with E-state index < -0.39 is 17.6 Å². The molecule has 1 amide bonds. The number of alkyl halides is 3. The van der Waals surface area contributed by atoms with E-state index in [1.54, 1.807) is 13.0 Å². The van der Waals surface area contributed by atoms with Crippen LogP contribution in [0.5, 0.6) is 0 Å².